The summed E-state index contributed by atoms with van der Waals surface area (Å²) in [4.78, 5) is 11.7. The third-order valence-electron chi connectivity index (χ3n) is 2.50. The number of carboxylic acid groups (broad SMARTS) is 1. The molecule has 0 atom stereocenters. The van der Waals surface area contributed by atoms with Crippen LogP contribution in [0, 0.1) is 11.3 Å². The monoisotopic (exact) mass is 278 g/mol. The Bertz CT molecular complexity index is 507. The molecule has 0 amide bonds. The predicted molar refractivity (Wildman–Crippen MR) is 77.5 cm³/mol. The van der Waals surface area contributed by atoms with Gasteiger partial charge in [0, 0.05) is 10.4 Å². The highest BCUT2D eigenvalue weighted by Gasteiger charge is 2.23. The van der Waals surface area contributed by atoms with E-state index in [1.54, 1.807) is 11.8 Å². The van der Waals surface area contributed by atoms with Crippen LogP contribution in [0.5, 0.6) is 0 Å². The third-order valence-corrected chi connectivity index (χ3v) is 3.44. The smallest absolute Gasteiger partial charge is 0.305 e. The number of aliphatic carboxylic acids is 1. The largest absolute Gasteiger partial charge is 0.481 e. The SMILES string of the molecule is CCSc1cccc(NC(C)(C)CC(=O)O)c1C#N. The number of nitrogens with one attached hydrogen (secondary N) is 1. The molecule has 0 bridgehead atoms. The van der Waals surface area contributed by atoms with Crippen LogP contribution >= 0.6 is 11.8 Å². The molecule has 5 heteroatoms. The van der Waals surface area contributed by atoms with E-state index in [1.807, 2.05) is 39.0 Å². The minimum Gasteiger partial charge on any atom is -0.481 e. The van der Waals surface area contributed by atoms with Crippen molar-refractivity contribution in [2.24, 2.45) is 0 Å². The molecule has 1 aromatic rings. The third kappa shape index (κ3) is 4.49. The molecule has 1 aromatic carbocycles. The van der Waals surface area contributed by atoms with Gasteiger partial charge in [0.05, 0.1) is 17.7 Å². The molecule has 4 nitrogen and oxygen atoms in total. The van der Waals surface area contributed by atoms with E-state index in [4.69, 9.17) is 5.11 Å². The molecule has 19 heavy (non-hydrogen) atoms. The van der Waals surface area contributed by atoms with Gasteiger partial charge in [-0.05, 0) is 31.7 Å². The molecule has 0 saturated carbocycles. The molecule has 1 rings (SSSR count). The zero-order valence-corrected chi connectivity index (χ0v) is 12.2. The van der Waals surface area contributed by atoms with Gasteiger partial charge in [-0.1, -0.05) is 13.0 Å². The van der Waals surface area contributed by atoms with Crippen molar-refractivity contribution in [1.29, 1.82) is 5.26 Å². The number of nitriles is 1. The average Bonchev–Trinajstić information content (AvgIpc) is 2.27. The zero-order valence-electron chi connectivity index (χ0n) is 11.4. The lowest BCUT2D eigenvalue weighted by Gasteiger charge is -2.26. The molecule has 0 radical (unpaired) electrons. The van der Waals surface area contributed by atoms with E-state index in [9.17, 15) is 10.1 Å². The highest BCUT2D eigenvalue weighted by molar-refractivity contribution is 7.99. The summed E-state index contributed by atoms with van der Waals surface area (Å²) in [5, 5.41) is 21.3. The lowest BCUT2D eigenvalue weighted by atomic mass is 9.99. The Morgan fingerprint density at radius 3 is 2.74 bits per heavy atom. The molecule has 0 unspecified atom stereocenters. The van der Waals surface area contributed by atoms with Gasteiger partial charge in [-0.25, -0.2) is 0 Å². The van der Waals surface area contributed by atoms with E-state index < -0.39 is 11.5 Å². The van der Waals surface area contributed by atoms with Crippen molar-refractivity contribution in [1.82, 2.24) is 0 Å². The highest BCUT2D eigenvalue weighted by atomic mass is 32.2. The van der Waals surface area contributed by atoms with Crippen molar-refractivity contribution in [3.8, 4) is 6.07 Å². The topological polar surface area (TPSA) is 73.1 Å². The fraction of sp³-hybridized carbons (Fsp3) is 0.429. The van der Waals surface area contributed by atoms with Crippen LogP contribution in [-0.4, -0.2) is 22.4 Å². The molecular weight excluding hydrogens is 260 g/mol. The fourth-order valence-electron chi connectivity index (χ4n) is 1.81. The van der Waals surface area contributed by atoms with Gasteiger partial charge in [0.25, 0.3) is 0 Å². The Balaban J connectivity index is 3.04. The molecule has 2 N–H and O–H groups in total. The molecule has 0 spiro atoms. The fourth-order valence-corrected chi connectivity index (χ4v) is 2.60. The first kappa shape index (κ1) is 15.4. The summed E-state index contributed by atoms with van der Waals surface area (Å²) in [5.41, 5.74) is 0.660. The summed E-state index contributed by atoms with van der Waals surface area (Å²) in [5.74, 6) is 0.0199. The zero-order chi connectivity index (χ0) is 14.5. The molecule has 0 aromatic heterocycles. The van der Waals surface area contributed by atoms with Gasteiger partial charge in [0.2, 0.25) is 0 Å². The molecule has 0 aliphatic heterocycles. The normalized spacial score (nSPS) is 10.8. The number of carboxylic acids is 1. The predicted octanol–water partition coefficient (Wildman–Crippen LogP) is 3.34. The Morgan fingerprint density at radius 2 is 2.21 bits per heavy atom. The summed E-state index contributed by atoms with van der Waals surface area (Å²) in [6.45, 7) is 5.64. The number of carbonyl (C=O) groups is 1. The Morgan fingerprint density at radius 1 is 1.53 bits per heavy atom. The summed E-state index contributed by atoms with van der Waals surface area (Å²) < 4.78 is 0. The van der Waals surface area contributed by atoms with E-state index in [0.29, 0.717) is 11.3 Å². The molecule has 0 fully saturated rings. The van der Waals surface area contributed by atoms with E-state index in [-0.39, 0.29) is 6.42 Å². The Hall–Kier alpha value is -1.67. The van der Waals surface area contributed by atoms with Crippen LogP contribution in [0.3, 0.4) is 0 Å². The number of hydrogen-bond donors (Lipinski definition) is 2. The van der Waals surface area contributed by atoms with Crippen molar-refractivity contribution in [2.45, 2.75) is 37.6 Å². The number of anilines is 1. The van der Waals surface area contributed by atoms with Crippen LogP contribution < -0.4 is 5.32 Å². The lowest BCUT2D eigenvalue weighted by Crippen LogP contribution is -2.34. The van der Waals surface area contributed by atoms with Gasteiger partial charge in [0.15, 0.2) is 0 Å². The summed E-state index contributed by atoms with van der Waals surface area (Å²) in [7, 11) is 0. The van der Waals surface area contributed by atoms with Crippen molar-refractivity contribution in [2.75, 3.05) is 11.1 Å². The maximum atomic E-state index is 10.8. The van der Waals surface area contributed by atoms with Gasteiger partial charge >= 0.3 is 5.97 Å². The van der Waals surface area contributed by atoms with Crippen LogP contribution in [0.1, 0.15) is 32.8 Å². The summed E-state index contributed by atoms with van der Waals surface area (Å²) in [6, 6.07) is 7.78. The first-order valence-corrected chi connectivity index (χ1v) is 7.04. The van der Waals surface area contributed by atoms with E-state index in [1.165, 1.54) is 0 Å². The number of hydrogen-bond acceptors (Lipinski definition) is 4. The minimum atomic E-state index is -0.866. The van der Waals surface area contributed by atoms with Crippen LogP contribution in [0.15, 0.2) is 23.1 Å². The van der Waals surface area contributed by atoms with Crippen LogP contribution in [-0.2, 0) is 4.79 Å². The highest BCUT2D eigenvalue weighted by Crippen LogP contribution is 2.30. The van der Waals surface area contributed by atoms with Gasteiger partial charge < -0.3 is 10.4 Å². The second kappa shape index (κ2) is 6.48. The van der Waals surface area contributed by atoms with Gasteiger partial charge in [-0.15, -0.1) is 11.8 Å². The average molecular weight is 278 g/mol. The van der Waals surface area contributed by atoms with Crippen molar-refractivity contribution in [3.05, 3.63) is 23.8 Å². The van der Waals surface area contributed by atoms with Gasteiger partial charge in [-0.2, -0.15) is 5.26 Å². The molecule has 0 aliphatic carbocycles. The second-order valence-electron chi connectivity index (χ2n) is 4.80. The first-order chi connectivity index (χ1) is 8.89. The van der Waals surface area contributed by atoms with Crippen LogP contribution in [0.4, 0.5) is 5.69 Å². The van der Waals surface area contributed by atoms with E-state index >= 15 is 0 Å². The van der Waals surface area contributed by atoms with Crippen molar-refractivity contribution < 1.29 is 9.90 Å². The Labute approximate surface area is 117 Å². The van der Waals surface area contributed by atoms with E-state index in [2.05, 4.69) is 11.4 Å². The molecule has 0 saturated heterocycles. The number of rotatable bonds is 6. The Kier molecular flexibility index (Phi) is 5.25. The molecular formula is C14H18N2O2S. The molecule has 0 aliphatic rings. The van der Waals surface area contributed by atoms with Gasteiger partial charge in [0.1, 0.15) is 6.07 Å². The maximum Gasteiger partial charge on any atom is 0.305 e. The van der Waals surface area contributed by atoms with Gasteiger partial charge in [-0.3, -0.25) is 4.79 Å². The van der Waals surface area contributed by atoms with Crippen molar-refractivity contribution in [3.63, 3.8) is 0 Å². The lowest BCUT2D eigenvalue weighted by molar-refractivity contribution is -0.137. The standard InChI is InChI=1S/C14H18N2O2S/c1-4-19-12-7-5-6-11(10(12)9-15)16-14(2,3)8-13(17)18/h5-7,16H,4,8H2,1-3H3,(H,17,18). The number of benzene rings is 1. The molecule has 0 heterocycles. The minimum absolute atomic E-state index is 0.0109. The van der Waals surface area contributed by atoms with Crippen molar-refractivity contribution >= 4 is 23.4 Å². The van der Waals surface area contributed by atoms with E-state index in [0.717, 1.165) is 10.6 Å². The second-order valence-corrected chi connectivity index (χ2v) is 6.11. The van der Waals surface area contributed by atoms with Crippen LogP contribution in [0.2, 0.25) is 0 Å². The first-order valence-electron chi connectivity index (χ1n) is 6.05. The molecule has 102 valence electrons. The summed E-state index contributed by atoms with van der Waals surface area (Å²) in [6.07, 6.45) is -0.0109. The number of nitrogens with zero attached hydrogens (tertiary/aromatic N) is 1. The van der Waals surface area contributed by atoms with Crippen LogP contribution in [0.25, 0.3) is 0 Å². The quantitative estimate of drug-likeness (QED) is 0.781. The summed E-state index contributed by atoms with van der Waals surface area (Å²) >= 11 is 1.60. The maximum absolute atomic E-state index is 10.8. The number of thioether (sulfide) groups is 1.